The number of rotatable bonds is 6. The smallest absolute Gasteiger partial charge is 0.331 e. The van der Waals surface area contributed by atoms with Crippen LogP contribution in [0.3, 0.4) is 0 Å². The lowest BCUT2D eigenvalue weighted by Crippen LogP contribution is -2.14. The van der Waals surface area contributed by atoms with Crippen LogP contribution >= 0.6 is 0 Å². The van der Waals surface area contributed by atoms with Gasteiger partial charge in [-0.2, -0.15) is 0 Å². The van der Waals surface area contributed by atoms with Gasteiger partial charge in [0.05, 0.1) is 0 Å². The molecule has 0 aromatic carbocycles. The lowest BCUT2D eigenvalue weighted by atomic mass is 10.2. The Labute approximate surface area is 85.6 Å². The molecule has 14 heavy (non-hydrogen) atoms. The molecule has 1 atom stereocenters. The highest BCUT2D eigenvalue weighted by molar-refractivity contribution is 5.82. The molecule has 0 aromatic rings. The van der Waals surface area contributed by atoms with E-state index in [-0.39, 0.29) is 0 Å². The standard InChI is InChI=1S/C12H16O2/c1-4-7-9-11(6-3)14-12(13)10-8-5-2/h3,5,8,10-11H,2,4,7,9H2,1H3/b10-8+/t11-/m0/s1. The summed E-state index contributed by atoms with van der Waals surface area (Å²) in [7, 11) is 0. The summed E-state index contributed by atoms with van der Waals surface area (Å²) in [6.07, 6.45) is 11.9. The first-order valence-electron chi connectivity index (χ1n) is 4.70. The summed E-state index contributed by atoms with van der Waals surface area (Å²) in [5.41, 5.74) is 0. The van der Waals surface area contributed by atoms with Gasteiger partial charge in [0.1, 0.15) is 0 Å². The van der Waals surface area contributed by atoms with E-state index in [1.165, 1.54) is 18.2 Å². The van der Waals surface area contributed by atoms with Crippen LogP contribution in [0.5, 0.6) is 0 Å². The molecule has 0 amide bonds. The van der Waals surface area contributed by atoms with Gasteiger partial charge in [-0.05, 0) is 12.8 Å². The molecule has 0 bridgehead atoms. The summed E-state index contributed by atoms with van der Waals surface area (Å²) >= 11 is 0. The molecular formula is C12H16O2. The molecule has 76 valence electrons. The van der Waals surface area contributed by atoms with Crippen molar-refractivity contribution in [3.05, 3.63) is 24.8 Å². The molecule has 0 fully saturated rings. The number of carbonyl (C=O) groups excluding carboxylic acids is 1. The summed E-state index contributed by atoms with van der Waals surface area (Å²) < 4.78 is 4.99. The monoisotopic (exact) mass is 192 g/mol. The normalized spacial score (nSPS) is 12.0. The Balaban J connectivity index is 3.93. The van der Waals surface area contributed by atoms with Crippen molar-refractivity contribution in [2.45, 2.75) is 32.3 Å². The van der Waals surface area contributed by atoms with E-state index in [9.17, 15) is 4.79 Å². The third kappa shape index (κ3) is 6.07. The Hall–Kier alpha value is -1.49. The first kappa shape index (κ1) is 12.5. The van der Waals surface area contributed by atoms with E-state index < -0.39 is 12.1 Å². The second-order valence-corrected chi connectivity index (χ2v) is 2.83. The zero-order valence-corrected chi connectivity index (χ0v) is 8.53. The topological polar surface area (TPSA) is 26.3 Å². The van der Waals surface area contributed by atoms with Crippen LogP contribution in [0.15, 0.2) is 24.8 Å². The lowest BCUT2D eigenvalue weighted by Gasteiger charge is -2.09. The molecule has 0 aliphatic carbocycles. The van der Waals surface area contributed by atoms with Gasteiger partial charge < -0.3 is 4.74 Å². The van der Waals surface area contributed by atoms with Gasteiger partial charge in [0.25, 0.3) is 0 Å². The van der Waals surface area contributed by atoms with Crippen LogP contribution in [0.2, 0.25) is 0 Å². The van der Waals surface area contributed by atoms with Crippen molar-refractivity contribution >= 4 is 5.97 Å². The molecule has 0 unspecified atom stereocenters. The Morgan fingerprint density at radius 2 is 2.43 bits per heavy atom. The number of hydrogen-bond acceptors (Lipinski definition) is 2. The van der Waals surface area contributed by atoms with Gasteiger partial charge >= 0.3 is 5.97 Å². The molecule has 0 aromatic heterocycles. The molecule has 0 rings (SSSR count). The molecule has 0 saturated heterocycles. The zero-order chi connectivity index (χ0) is 10.8. The van der Waals surface area contributed by atoms with E-state index in [0.717, 1.165) is 19.3 Å². The second kappa shape index (κ2) is 8.12. The SMILES string of the molecule is C#C[C@@H](CCCC)OC(=O)/C=C/C=C. The Kier molecular flexibility index (Phi) is 7.26. The largest absolute Gasteiger partial charge is 0.446 e. The van der Waals surface area contributed by atoms with E-state index in [4.69, 9.17) is 11.2 Å². The molecule has 0 heterocycles. The van der Waals surface area contributed by atoms with Gasteiger partial charge in [0.2, 0.25) is 0 Å². The van der Waals surface area contributed by atoms with Crippen molar-refractivity contribution in [2.24, 2.45) is 0 Å². The predicted molar refractivity (Wildman–Crippen MR) is 57.6 cm³/mol. The van der Waals surface area contributed by atoms with E-state index in [1.807, 2.05) is 0 Å². The third-order valence-electron chi connectivity index (χ3n) is 1.63. The van der Waals surface area contributed by atoms with Crippen molar-refractivity contribution in [2.75, 3.05) is 0 Å². The minimum Gasteiger partial charge on any atom is -0.446 e. The van der Waals surface area contributed by atoms with Crippen LogP contribution in [0.4, 0.5) is 0 Å². The van der Waals surface area contributed by atoms with Crippen molar-refractivity contribution in [3.8, 4) is 12.3 Å². The minimum atomic E-state index is -0.413. The van der Waals surface area contributed by atoms with E-state index in [0.29, 0.717) is 0 Å². The predicted octanol–water partition coefficient (Wildman–Crippen LogP) is 2.46. The number of esters is 1. The van der Waals surface area contributed by atoms with Gasteiger partial charge in [-0.3, -0.25) is 0 Å². The Morgan fingerprint density at radius 3 is 2.93 bits per heavy atom. The van der Waals surface area contributed by atoms with Gasteiger partial charge in [-0.25, -0.2) is 4.79 Å². The van der Waals surface area contributed by atoms with Crippen LogP contribution < -0.4 is 0 Å². The Morgan fingerprint density at radius 1 is 1.71 bits per heavy atom. The Bertz CT molecular complexity index is 246. The summed E-state index contributed by atoms with van der Waals surface area (Å²) in [5.74, 6) is 2.03. The van der Waals surface area contributed by atoms with E-state index in [2.05, 4.69) is 19.4 Å². The maximum absolute atomic E-state index is 11.1. The highest BCUT2D eigenvalue weighted by Crippen LogP contribution is 2.04. The maximum atomic E-state index is 11.1. The number of unbranched alkanes of at least 4 members (excludes halogenated alkanes) is 1. The molecule has 0 spiro atoms. The first-order chi connectivity index (χ1) is 6.74. The third-order valence-corrected chi connectivity index (χ3v) is 1.63. The summed E-state index contributed by atoms with van der Waals surface area (Å²) in [5, 5.41) is 0. The molecule has 0 N–H and O–H groups in total. The molecular weight excluding hydrogens is 176 g/mol. The van der Waals surface area contributed by atoms with Crippen molar-refractivity contribution in [1.82, 2.24) is 0 Å². The highest BCUT2D eigenvalue weighted by Gasteiger charge is 2.07. The molecule has 2 nitrogen and oxygen atoms in total. The van der Waals surface area contributed by atoms with Gasteiger partial charge in [0, 0.05) is 6.08 Å². The van der Waals surface area contributed by atoms with Gasteiger partial charge in [-0.15, -0.1) is 6.42 Å². The summed E-state index contributed by atoms with van der Waals surface area (Å²) in [4.78, 5) is 11.1. The van der Waals surface area contributed by atoms with E-state index >= 15 is 0 Å². The number of carbonyl (C=O) groups is 1. The summed E-state index contributed by atoms with van der Waals surface area (Å²) in [6.45, 7) is 5.51. The fraction of sp³-hybridized carbons (Fsp3) is 0.417. The highest BCUT2D eigenvalue weighted by atomic mass is 16.5. The first-order valence-corrected chi connectivity index (χ1v) is 4.70. The second-order valence-electron chi connectivity index (χ2n) is 2.83. The molecule has 0 aliphatic rings. The van der Waals surface area contributed by atoms with Crippen molar-refractivity contribution in [3.63, 3.8) is 0 Å². The average Bonchev–Trinajstić information content (AvgIpc) is 2.21. The quantitative estimate of drug-likeness (QED) is 0.280. The van der Waals surface area contributed by atoms with E-state index in [1.54, 1.807) is 0 Å². The average molecular weight is 192 g/mol. The summed E-state index contributed by atoms with van der Waals surface area (Å²) in [6, 6.07) is 0. The fourth-order valence-corrected chi connectivity index (χ4v) is 0.892. The number of ether oxygens (including phenoxy) is 1. The van der Waals surface area contributed by atoms with Crippen LogP contribution in [0.1, 0.15) is 26.2 Å². The molecule has 2 heteroatoms. The molecule has 0 radical (unpaired) electrons. The molecule has 0 saturated carbocycles. The molecule has 0 aliphatic heterocycles. The lowest BCUT2D eigenvalue weighted by molar-refractivity contribution is -0.140. The fourth-order valence-electron chi connectivity index (χ4n) is 0.892. The number of hydrogen-bond donors (Lipinski definition) is 0. The van der Waals surface area contributed by atoms with Gasteiger partial charge in [-0.1, -0.05) is 38.0 Å². The van der Waals surface area contributed by atoms with Crippen LogP contribution in [-0.4, -0.2) is 12.1 Å². The van der Waals surface area contributed by atoms with Crippen LogP contribution in [-0.2, 0) is 9.53 Å². The zero-order valence-electron chi connectivity index (χ0n) is 8.53. The van der Waals surface area contributed by atoms with Crippen LogP contribution in [0.25, 0.3) is 0 Å². The van der Waals surface area contributed by atoms with Gasteiger partial charge in [0.15, 0.2) is 6.10 Å². The van der Waals surface area contributed by atoms with Crippen LogP contribution in [0, 0.1) is 12.3 Å². The minimum absolute atomic E-state index is 0.406. The maximum Gasteiger partial charge on any atom is 0.331 e. The van der Waals surface area contributed by atoms with Crippen molar-refractivity contribution in [1.29, 1.82) is 0 Å². The number of allylic oxidation sites excluding steroid dienone is 2. The number of terminal acetylenes is 1. The van der Waals surface area contributed by atoms with Crippen molar-refractivity contribution < 1.29 is 9.53 Å².